The van der Waals surface area contributed by atoms with Gasteiger partial charge in [0, 0.05) is 6.42 Å². The fraction of sp³-hybridized carbons (Fsp3) is 0.744. The van der Waals surface area contributed by atoms with Gasteiger partial charge in [0.05, 0.1) is 32.7 Å². The molecule has 10 amide bonds. The molecule has 342 valence electrons. The highest BCUT2D eigenvalue weighted by molar-refractivity contribution is 5.96. The van der Waals surface area contributed by atoms with Crippen LogP contribution in [0.3, 0.4) is 0 Å². The molecule has 0 fully saturated rings. The highest BCUT2D eigenvalue weighted by atomic mass is 16.2. The van der Waals surface area contributed by atoms with Gasteiger partial charge in [-0.15, -0.1) is 0 Å². The van der Waals surface area contributed by atoms with Gasteiger partial charge < -0.3 is 59.3 Å². The molecule has 0 aromatic rings. The van der Waals surface area contributed by atoms with E-state index in [1.165, 1.54) is 0 Å². The van der Waals surface area contributed by atoms with Gasteiger partial charge in [-0.05, 0) is 43.6 Å². The van der Waals surface area contributed by atoms with Crippen molar-refractivity contribution in [3.63, 3.8) is 0 Å². The molecule has 0 radical (unpaired) electrons. The van der Waals surface area contributed by atoms with E-state index in [0.717, 1.165) is 32.1 Å². The Hall–Kier alpha value is -5.34. The Morgan fingerprint density at radius 1 is 0.500 bits per heavy atom. The van der Waals surface area contributed by atoms with Crippen LogP contribution in [0.25, 0.3) is 0 Å². The molecular weight excluding hydrogens is 782 g/mol. The number of primary amides is 1. The lowest BCUT2D eigenvalue weighted by Gasteiger charge is -2.27. The van der Waals surface area contributed by atoms with Gasteiger partial charge in [0.25, 0.3) is 0 Å². The number of hydrogen-bond acceptors (Lipinski definition) is 11. The van der Waals surface area contributed by atoms with Crippen molar-refractivity contribution in [1.82, 2.24) is 47.9 Å². The van der Waals surface area contributed by atoms with Crippen LogP contribution in [0.15, 0.2) is 0 Å². The molecule has 5 atom stereocenters. The van der Waals surface area contributed by atoms with Gasteiger partial charge >= 0.3 is 0 Å². The zero-order chi connectivity index (χ0) is 45.8. The molecule has 0 saturated carbocycles. The predicted molar refractivity (Wildman–Crippen MR) is 223 cm³/mol. The molecule has 0 bridgehead atoms. The summed E-state index contributed by atoms with van der Waals surface area (Å²) in [7, 11) is 0. The first-order chi connectivity index (χ1) is 28.2. The second kappa shape index (κ2) is 30.7. The Morgan fingerprint density at radius 2 is 1.03 bits per heavy atom. The lowest BCUT2D eigenvalue weighted by atomic mass is 9.98. The number of amides is 10. The Kier molecular flexibility index (Phi) is 27.9. The summed E-state index contributed by atoms with van der Waals surface area (Å²) in [6.45, 7) is 10.3. The minimum Gasteiger partial charge on any atom is -0.368 e. The molecule has 0 aliphatic rings. The normalized spacial score (nSPS) is 13.4. The number of nitrogens with two attached hydrogens (primary N) is 2. The van der Waals surface area contributed by atoms with Crippen molar-refractivity contribution in [2.24, 2.45) is 29.2 Å². The van der Waals surface area contributed by atoms with Crippen LogP contribution in [-0.2, 0) is 47.9 Å². The van der Waals surface area contributed by atoms with E-state index in [0.29, 0.717) is 12.8 Å². The second-order valence-corrected chi connectivity index (χ2v) is 15.4. The molecule has 0 rings (SSSR count). The smallest absolute Gasteiger partial charge is 0.243 e. The first-order valence-corrected chi connectivity index (χ1v) is 20.8. The van der Waals surface area contributed by atoms with Crippen LogP contribution >= 0.6 is 0 Å². The van der Waals surface area contributed by atoms with Crippen LogP contribution in [0.5, 0.6) is 0 Å². The number of nitrogens with one attached hydrogen (secondary N) is 9. The van der Waals surface area contributed by atoms with Crippen molar-refractivity contribution in [2.45, 2.75) is 130 Å². The molecule has 21 nitrogen and oxygen atoms in total. The van der Waals surface area contributed by atoms with Gasteiger partial charge in [-0.2, -0.15) is 0 Å². The van der Waals surface area contributed by atoms with Gasteiger partial charge in [-0.25, -0.2) is 0 Å². The molecule has 0 heterocycles. The summed E-state index contributed by atoms with van der Waals surface area (Å²) in [5, 5.41) is 22.2. The molecule has 0 saturated heterocycles. The largest absolute Gasteiger partial charge is 0.368 e. The van der Waals surface area contributed by atoms with E-state index < -0.39 is 109 Å². The van der Waals surface area contributed by atoms with Gasteiger partial charge in [-0.1, -0.05) is 80.6 Å². The molecular formula is C39H71N11O10. The van der Waals surface area contributed by atoms with Crippen molar-refractivity contribution in [2.75, 3.05) is 39.3 Å². The molecule has 0 aliphatic carbocycles. The summed E-state index contributed by atoms with van der Waals surface area (Å²) >= 11 is 0. The predicted octanol–water partition coefficient (Wildman–Crippen LogP) is -2.55. The number of carbonyl (C=O) groups excluding carboxylic acids is 10. The van der Waals surface area contributed by atoms with E-state index in [4.69, 9.17) is 11.5 Å². The topological polar surface area (TPSA) is 331 Å². The summed E-state index contributed by atoms with van der Waals surface area (Å²) in [6.07, 6.45) is 5.92. The molecule has 60 heavy (non-hydrogen) atoms. The maximum atomic E-state index is 13.3. The minimum absolute atomic E-state index is 0.0204. The van der Waals surface area contributed by atoms with Gasteiger partial charge in [0.15, 0.2) is 0 Å². The first-order valence-electron chi connectivity index (χ1n) is 20.8. The van der Waals surface area contributed by atoms with Crippen molar-refractivity contribution < 1.29 is 47.9 Å². The highest BCUT2D eigenvalue weighted by Crippen LogP contribution is 2.10. The van der Waals surface area contributed by atoms with Gasteiger partial charge in [0.1, 0.15) is 24.2 Å². The lowest BCUT2D eigenvalue weighted by Crippen LogP contribution is -2.59. The van der Waals surface area contributed by atoms with Crippen LogP contribution in [-0.4, -0.2) is 123 Å². The van der Waals surface area contributed by atoms with Crippen LogP contribution in [0.4, 0.5) is 0 Å². The number of hydrogen-bond donors (Lipinski definition) is 11. The summed E-state index contributed by atoms with van der Waals surface area (Å²) in [5.74, 6) is -7.30. The molecule has 0 spiro atoms. The highest BCUT2D eigenvalue weighted by Gasteiger charge is 2.32. The molecule has 4 unspecified atom stereocenters. The fourth-order valence-electron chi connectivity index (χ4n) is 5.57. The Morgan fingerprint density at radius 3 is 1.57 bits per heavy atom. The van der Waals surface area contributed by atoms with Crippen LogP contribution < -0.4 is 59.3 Å². The third kappa shape index (κ3) is 24.6. The van der Waals surface area contributed by atoms with Crippen LogP contribution in [0.1, 0.15) is 106 Å². The van der Waals surface area contributed by atoms with E-state index in [9.17, 15) is 47.9 Å². The molecule has 0 aliphatic heterocycles. The Labute approximate surface area is 353 Å². The van der Waals surface area contributed by atoms with Crippen molar-refractivity contribution in [3.05, 3.63) is 0 Å². The third-order valence-electron chi connectivity index (χ3n) is 9.21. The van der Waals surface area contributed by atoms with Gasteiger partial charge in [0.2, 0.25) is 59.1 Å². The Bertz CT molecular complexity index is 1440. The second-order valence-electron chi connectivity index (χ2n) is 15.4. The monoisotopic (exact) mass is 854 g/mol. The number of carbonyl (C=O) groups is 10. The summed E-state index contributed by atoms with van der Waals surface area (Å²) in [6, 6.07) is -4.34. The zero-order valence-electron chi connectivity index (χ0n) is 36.4. The number of rotatable bonds is 31. The van der Waals surface area contributed by atoms with Crippen molar-refractivity contribution >= 4 is 59.1 Å². The first kappa shape index (κ1) is 54.7. The quantitative estimate of drug-likeness (QED) is 0.0323. The van der Waals surface area contributed by atoms with E-state index in [2.05, 4.69) is 54.8 Å². The minimum atomic E-state index is -1.20. The third-order valence-corrected chi connectivity index (χ3v) is 9.21. The Balaban J connectivity index is 5.05. The van der Waals surface area contributed by atoms with E-state index in [1.54, 1.807) is 20.8 Å². The maximum absolute atomic E-state index is 13.3. The maximum Gasteiger partial charge on any atom is 0.243 e. The van der Waals surface area contributed by atoms with Crippen molar-refractivity contribution in [1.29, 1.82) is 0 Å². The molecule has 0 aromatic carbocycles. The average molecular weight is 854 g/mol. The lowest BCUT2D eigenvalue weighted by molar-refractivity contribution is -0.135. The van der Waals surface area contributed by atoms with E-state index in [1.807, 2.05) is 20.8 Å². The number of unbranched alkanes of at least 4 members (excludes halogenated alkanes) is 4. The summed E-state index contributed by atoms with van der Waals surface area (Å²) in [4.78, 5) is 125. The van der Waals surface area contributed by atoms with Crippen LogP contribution in [0.2, 0.25) is 0 Å². The molecule has 21 heteroatoms. The molecule has 13 N–H and O–H groups in total. The average Bonchev–Trinajstić information content (AvgIpc) is 3.19. The van der Waals surface area contributed by atoms with Gasteiger partial charge in [-0.3, -0.25) is 47.9 Å². The van der Waals surface area contributed by atoms with Crippen molar-refractivity contribution in [3.8, 4) is 0 Å². The van der Waals surface area contributed by atoms with E-state index >= 15 is 0 Å². The standard InChI is InChI=1S/C39H71N11O10/c1-8-10-11-12-13-14-29(52)42-22-33(56)49-35(25(7)9-2)38(59)46-20-31(54)43-19-30(53)44-21-32(55)47-26(15-16-40)37(58)50-34(24(5)6)39(60)48-27(17-23(3)4)36(57)45-18-28(41)51/h23-27,34-35H,8-22,40H2,1-7H3,(H2,41,51)(H,42,52)(H,43,54)(H,44,53)(H,45,57)(H,46,59)(H,47,55)(H,48,60)(H,49,56)(H,50,58)/t25-,26?,27?,34?,35?/m0/s1. The zero-order valence-corrected chi connectivity index (χ0v) is 36.4. The molecule has 0 aromatic heterocycles. The summed E-state index contributed by atoms with van der Waals surface area (Å²) < 4.78 is 0. The fourth-order valence-corrected chi connectivity index (χ4v) is 5.57. The summed E-state index contributed by atoms with van der Waals surface area (Å²) in [5.41, 5.74) is 10.8. The van der Waals surface area contributed by atoms with E-state index in [-0.39, 0.29) is 43.7 Å². The SMILES string of the molecule is CCCCCCCC(=O)NCC(=O)NC(C(=O)NCC(=O)NCC(=O)NCC(=O)NC(CCN)C(=O)NC(C(=O)NC(CC(C)C)C(=O)NCC(N)=O)C(C)C)[C@@H](C)CC. The van der Waals surface area contributed by atoms with Crippen LogP contribution in [0, 0.1) is 17.8 Å².